The molecule has 2 aromatic heterocycles. The van der Waals surface area contributed by atoms with Gasteiger partial charge in [0.05, 0.1) is 25.5 Å². The third-order valence-electron chi connectivity index (χ3n) is 6.09. The van der Waals surface area contributed by atoms with E-state index in [4.69, 9.17) is 19.6 Å². The van der Waals surface area contributed by atoms with Gasteiger partial charge in [-0.3, -0.25) is 4.98 Å². The smallest absolute Gasteiger partial charge is 0.328 e. The molecule has 4 aromatic rings. The van der Waals surface area contributed by atoms with Gasteiger partial charge in [-0.15, -0.1) is 0 Å². The van der Waals surface area contributed by atoms with E-state index in [-0.39, 0.29) is 6.10 Å². The summed E-state index contributed by atoms with van der Waals surface area (Å²) in [4.78, 5) is 25.5. The summed E-state index contributed by atoms with van der Waals surface area (Å²) in [6.45, 7) is 4.14. The molecule has 0 saturated carbocycles. The normalized spacial score (nSPS) is 15.7. The van der Waals surface area contributed by atoms with Crippen LogP contribution < -0.4 is 19.7 Å². The number of ether oxygens (including phenoxy) is 2. The number of para-hydroxylation sites is 2. The molecule has 1 atom stereocenters. The van der Waals surface area contributed by atoms with Crippen LogP contribution in [0, 0.1) is 0 Å². The van der Waals surface area contributed by atoms with Gasteiger partial charge in [0.25, 0.3) is 0 Å². The molecule has 2 aromatic carbocycles. The van der Waals surface area contributed by atoms with E-state index in [1.54, 1.807) is 18.5 Å². The number of carboxylic acids is 1. The lowest BCUT2D eigenvalue weighted by molar-refractivity contribution is -0.131. The molecule has 1 fully saturated rings. The van der Waals surface area contributed by atoms with Crippen LogP contribution >= 0.6 is 0 Å². The zero-order valence-corrected chi connectivity index (χ0v) is 20.6. The number of benzene rings is 2. The second-order valence-corrected chi connectivity index (χ2v) is 8.80. The Morgan fingerprint density at radius 1 is 1.22 bits per heavy atom. The first-order chi connectivity index (χ1) is 18.1. The molecule has 1 aliphatic heterocycles. The second kappa shape index (κ2) is 11.0. The van der Waals surface area contributed by atoms with Crippen LogP contribution in [-0.4, -0.2) is 51.8 Å². The van der Waals surface area contributed by atoms with Gasteiger partial charge in [-0.05, 0) is 61.7 Å². The Labute approximate surface area is 214 Å². The Bertz CT molecular complexity index is 1420. The number of aliphatic carboxylic acids is 1. The van der Waals surface area contributed by atoms with Gasteiger partial charge in [-0.25, -0.2) is 9.78 Å². The van der Waals surface area contributed by atoms with E-state index >= 15 is 0 Å². The number of anilines is 3. The van der Waals surface area contributed by atoms with Crippen molar-refractivity contribution < 1.29 is 19.4 Å². The number of nitrogens with one attached hydrogen (secondary N) is 2. The van der Waals surface area contributed by atoms with Gasteiger partial charge in [0.15, 0.2) is 17.3 Å². The standard InChI is InChI=1S/C28H29N5O4/c1-2-36-23-7-3-4-8-24(23)37-21-6-5-13-33(18-21)27-17-29-16-26(32-27)31-25-15-20-14-19(10-12-28(34)35)9-11-22(20)30-25/h3-4,7-12,14-17,21,30H,2,5-6,13,18H2,1H3,(H,31,32)(H,34,35)/b12-10+/t21-/m1/s1. The number of carboxylic acid groups (broad SMARTS) is 1. The van der Waals surface area contributed by atoms with Crippen LogP contribution in [0.4, 0.5) is 17.5 Å². The number of fused-ring (bicyclic) bond motifs is 1. The molecule has 3 N–H and O–H groups in total. The van der Waals surface area contributed by atoms with Gasteiger partial charge in [0.1, 0.15) is 17.7 Å². The van der Waals surface area contributed by atoms with Gasteiger partial charge in [-0.2, -0.15) is 0 Å². The van der Waals surface area contributed by atoms with Crippen LogP contribution in [0.1, 0.15) is 25.3 Å². The zero-order chi connectivity index (χ0) is 25.6. The van der Waals surface area contributed by atoms with E-state index in [2.05, 4.69) is 20.2 Å². The average Bonchev–Trinajstić information content (AvgIpc) is 3.30. The SMILES string of the molecule is CCOc1ccccc1O[C@@H]1CCCN(c2cncc(Nc3cc4cc(/C=C/C(=O)O)ccc4[nH]3)n2)C1. The van der Waals surface area contributed by atoms with Crippen molar-refractivity contribution in [3.05, 3.63) is 72.6 Å². The monoisotopic (exact) mass is 499 g/mol. The highest BCUT2D eigenvalue weighted by Crippen LogP contribution is 2.30. The predicted molar refractivity (Wildman–Crippen MR) is 144 cm³/mol. The molecule has 9 nitrogen and oxygen atoms in total. The molecule has 1 aliphatic rings. The van der Waals surface area contributed by atoms with Crippen molar-refractivity contribution in [2.24, 2.45) is 0 Å². The number of hydrogen-bond acceptors (Lipinski definition) is 7. The largest absolute Gasteiger partial charge is 0.490 e. The van der Waals surface area contributed by atoms with Crippen LogP contribution in [0.5, 0.6) is 11.5 Å². The Kier molecular flexibility index (Phi) is 7.21. The van der Waals surface area contributed by atoms with Gasteiger partial charge < -0.3 is 29.8 Å². The predicted octanol–water partition coefficient (Wildman–Crippen LogP) is 5.25. The molecule has 0 spiro atoms. The van der Waals surface area contributed by atoms with E-state index in [1.807, 2.05) is 55.5 Å². The summed E-state index contributed by atoms with van der Waals surface area (Å²) in [6, 6.07) is 15.4. The zero-order valence-electron chi connectivity index (χ0n) is 20.6. The average molecular weight is 500 g/mol. The van der Waals surface area contributed by atoms with Crippen molar-refractivity contribution in [3.63, 3.8) is 0 Å². The van der Waals surface area contributed by atoms with Crippen molar-refractivity contribution in [1.82, 2.24) is 15.0 Å². The van der Waals surface area contributed by atoms with Gasteiger partial charge in [-0.1, -0.05) is 18.2 Å². The van der Waals surface area contributed by atoms with Gasteiger partial charge >= 0.3 is 5.97 Å². The summed E-state index contributed by atoms with van der Waals surface area (Å²) < 4.78 is 12.0. The highest BCUT2D eigenvalue weighted by Gasteiger charge is 2.24. The lowest BCUT2D eigenvalue weighted by Crippen LogP contribution is -2.41. The lowest BCUT2D eigenvalue weighted by Gasteiger charge is -2.33. The third-order valence-corrected chi connectivity index (χ3v) is 6.09. The lowest BCUT2D eigenvalue weighted by atomic mass is 10.1. The minimum Gasteiger partial charge on any atom is -0.490 e. The van der Waals surface area contributed by atoms with E-state index in [1.165, 1.54) is 0 Å². The first kappa shape index (κ1) is 24.2. The molecule has 3 heterocycles. The van der Waals surface area contributed by atoms with Gasteiger partial charge in [0.2, 0.25) is 0 Å². The summed E-state index contributed by atoms with van der Waals surface area (Å²) >= 11 is 0. The highest BCUT2D eigenvalue weighted by molar-refractivity contribution is 5.89. The number of piperidine rings is 1. The summed E-state index contributed by atoms with van der Waals surface area (Å²) in [6.07, 6.45) is 8.12. The quantitative estimate of drug-likeness (QED) is 0.268. The Hall–Kier alpha value is -4.53. The van der Waals surface area contributed by atoms with Crippen molar-refractivity contribution in [2.75, 3.05) is 29.9 Å². The van der Waals surface area contributed by atoms with Crippen LogP contribution in [-0.2, 0) is 4.79 Å². The molecule has 0 amide bonds. The third kappa shape index (κ3) is 6.00. The number of aromatic amines is 1. The number of carbonyl (C=O) groups is 1. The molecule has 0 aliphatic carbocycles. The highest BCUT2D eigenvalue weighted by atomic mass is 16.5. The fraction of sp³-hybridized carbons (Fsp3) is 0.250. The molecule has 190 valence electrons. The molecule has 5 rings (SSSR count). The molecule has 0 unspecified atom stereocenters. The summed E-state index contributed by atoms with van der Waals surface area (Å²) in [5, 5.41) is 13.1. The van der Waals surface area contributed by atoms with Crippen molar-refractivity contribution in [3.8, 4) is 11.5 Å². The summed E-state index contributed by atoms with van der Waals surface area (Å²) in [5.74, 6) is 2.73. The van der Waals surface area contributed by atoms with Crippen molar-refractivity contribution in [1.29, 1.82) is 0 Å². The summed E-state index contributed by atoms with van der Waals surface area (Å²) in [5.41, 5.74) is 1.75. The number of H-pyrrole nitrogens is 1. The maximum absolute atomic E-state index is 10.8. The van der Waals surface area contributed by atoms with Crippen molar-refractivity contribution in [2.45, 2.75) is 25.9 Å². The minimum atomic E-state index is -0.975. The van der Waals surface area contributed by atoms with Crippen molar-refractivity contribution >= 4 is 40.4 Å². The van der Waals surface area contributed by atoms with Crippen LogP contribution in [0.15, 0.2) is 67.0 Å². The van der Waals surface area contributed by atoms with E-state index < -0.39 is 5.97 Å². The summed E-state index contributed by atoms with van der Waals surface area (Å²) in [7, 11) is 0. The number of rotatable bonds is 9. The van der Waals surface area contributed by atoms with Gasteiger partial charge in [0, 0.05) is 23.5 Å². The van der Waals surface area contributed by atoms with E-state index in [9.17, 15) is 4.79 Å². The Morgan fingerprint density at radius 3 is 2.92 bits per heavy atom. The second-order valence-electron chi connectivity index (χ2n) is 8.80. The number of hydrogen-bond donors (Lipinski definition) is 3. The van der Waals surface area contributed by atoms with Crippen LogP contribution in [0.3, 0.4) is 0 Å². The molecule has 0 radical (unpaired) electrons. The van der Waals surface area contributed by atoms with E-state index in [0.717, 1.165) is 65.1 Å². The number of nitrogens with zero attached hydrogens (tertiary/aromatic N) is 3. The Balaban J connectivity index is 1.27. The molecule has 1 saturated heterocycles. The maximum Gasteiger partial charge on any atom is 0.328 e. The fourth-order valence-corrected chi connectivity index (χ4v) is 4.44. The first-order valence-corrected chi connectivity index (χ1v) is 12.3. The number of aromatic nitrogens is 3. The van der Waals surface area contributed by atoms with Crippen LogP contribution in [0.2, 0.25) is 0 Å². The fourth-order valence-electron chi connectivity index (χ4n) is 4.44. The molecular formula is C28H29N5O4. The molecular weight excluding hydrogens is 470 g/mol. The molecule has 9 heteroatoms. The maximum atomic E-state index is 10.8. The topological polar surface area (TPSA) is 113 Å². The molecule has 37 heavy (non-hydrogen) atoms. The minimum absolute atomic E-state index is 0.0202. The van der Waals surface area contributed by atoms with Crippen LogP contribution in [0.25, 0.3) is 17.0 Å². The van der Waals surface area contributed by atoms with E-state index in [0.29, 0.717) is 19.0 Å². The molecule has 0 bridgehead atoms. The first-order valence-electron chi connectivity index (χ1n) is 12.3. The Morgan fingerprint density at radius 2 is 2.08 bits per heavy atom.